The molecule has 0 aliphatic heterocycles. The van der Waals surface area contributed by atoms with E-state index in [2.05, 4.69) is 34.3 Å². The summed E-state index contributed by atoms with van der Waals surface area (Å²) in [5, 5.41) is 3.41. The van der Waals surface area contributed by atoms with Gasteiger partial charge in [0, 0.05) is 18.9 Å². The molecule has 0 aliphatic rings. The van der Waals surface area contributed by atoms with Gasteiger partial charge < -0.3 is 10.2 Å². The molecule has 106 valence electrons. The summed E-state index contributed by atoms with van der Waals surface area (Å²) in [5.74, 6) is 0.0438. The predicted octanol–water partition coefficient (Wildman–Crippen LogP) is 1.42. The minimum Gasteiger partial charge on any atom is -0.355 e. The van der Waals surface area contributed by atoms with Crippen LogP contribution in [0.4, 0.5) is 0 Å². The van der Waals surface area contributed by atoms with Gasteiger partial charge in [-0.1, -0.05) is 11.8 Å². The first-order valence-corrected chi connectivity index (χ1v) is 7.33. The van der Waals surface area contributed by atoms with E-state index in [9.17, 15) is 4.79 Å². The van der Waals surface area contributed by atoms with Gasteiger partial charge in [0.2, 0.25) is 5.91 Å². The van der Waals surface area contributed by atoms with E-state index in [1.807, 2.05) is 6.92 Å². The summed E-state index contributed by atoms with van der Waals surface area (Å²) in [6, 6.07) is 1.76. The molecular formula is C13H22N4OS. The molecular weight excluding hydrogens is 260 g/mol. The van der Waals surface area contributed by atoms with Crippen LogP contribution < -0.4 is 5.32 Å². The van der Waals surface area contributed by atoms with Crippen molar-refractivity contribution in [1.82, 2.24) is 20.2 Å². The summed E-state index contributed by atoms with van der Waals surface area (Å²) in [7, 11) is 4.11. The van der Waals surface area contributed by atoms with Crippen LogP contribution in [-0.4, -0.2) is 53.2 Å². The lowest BCUT2D eigenvalue weighted by molar-refractivity contribution is -0.120. The van der Waals surface area contributed by atoms with E-state index in [4.69, 9.17) is 0 Å². The third-order valence-corrected chi connectivity index (χ3v) is 3.51. The fourth-order valence-electron chi connectivity index (χ4n) is 1.47. The maximum Gasteiger partial charge on any atom is 0.233 e. The second-order valence-electron chi connectivity index (χ2n) is 4.59. The van der Waals surface area contributed by atoms with Gasteiger partial charge in [0.1, 0.15) is 0 Å². The van der Waals surface area contributed by atoms with Crippen LogP contribution in [0.15, 0.2) is 23.6 Å². The van der Waals surface area contributed by atoms with Gasteiger partial charge >= 0.3 is 0 Å². The predicted molar refractivity (Wildman–Crippen MR) is 78.1 cm³/mol. The fourth-order valence-corrected chi connectivity index (χ4v) is 2.22. The van der Waals surface area contributed by atoms with Crippen molar-refractivity contribution in [2.45, 2.75) is 30.2 Å². The van der Waals surface area contributed by atoms with Gasteiger partial charge in [0.25, 0.3) is 0 Å². The molecule has 19 heavy (non-hydrogen) atoms. The number of nitrogens with zero attached hydrogens (tertiary/aromatic N) is 3. The first kappa shape index (κ1) is 15.9. The van der Waals surface area contributed by atoms with Gasteiger partial charge in [-0.2, -0.15) is 0 Å². The molecule has 0 radical (unpaired) electrons. The number of rotatable bonds is 8. The molecule has 0 saturated heterocycles. The Balaban J connectivity index is 2.18. The molecule has 1 N–H and O–H groups in total. The summed E-state index contributed by atoms with van der Waals surface area (Å²) in [4.78, 5) is 22.2. The number of thioether (sulfide) groups is 1. The normalized spacial score (nSPS) is 12.4. The molecule has 5 nitrogen and oxygen atoms in total. The molecule has 1 unspecified atom stereocenters. The molecule has 1 rings (SSSR count). The number of hydrogen-bond donors (Lipinski definition) is 1. The molecule has 0 saturated carbocycles. The Morgan fingerprint density at radius 1 is 1.37 bits per heavy atom. The molecule has 1 atom stereocenters. The van der Waals surface area contributed by atoms with Gasteiger partial charge in [-0.05, 0) is 46.5 Å². The van der Waals surface area contributed by atoms with Crippen molar-refractivity contribution in [3.8, 4) is 0 Å². The maximum atomic E-state index is 11.8. The lowest BCUT2D eigenvalue weighted by atomic mass is 10.3. The first-order valence-electron chi connectivity index (χ1n) is 6.45. The second kappa shape index (κ2) is 8.87. The van der Waals surface area contributed by atoms with Crippen LogP contribution in [0, 0.1) is 0 Å². The van der Waals surface area contributed by atoms with E-state index in [0.717, 1.165) is 25.9 Å². The number of amides is 1. The highest BCUT2D eigenvalue weighted by molar-refractivity contribution is 8.00. The highest BCUT2D eigenvalue weighted by Gasteiger charge is 2.14. The Labute approximate surface area is 119 Å². The van der Waals surface area contributed by atoms with Crippen molar-refractivity contribution < 1.29 is 4.79 Å². The topological polar surface area (TPSA) is 58.1 Å². The quantitative estimate of drug-likeness (QED) is 0.444. The van der Waals surface area contributed by atoms with Crippen molar-refractivity contribution in [2.24, 2.45) is 0 Å². The average molecular weight is 282 g/mol. The average Bonchev–Trinajstić information content (AvgIpc) is 2.38. The zero-order chi connectivity index (χ0) is 14.1. The number of hydrogen-bond acceptors (Lipinski definition) is 5. The minimum absolute atomic E-state index is 0.0438. The van der Waals surface area contributed by atoms with Gasteiger partial charge in [-0.25, -0.2) is 9.97 Å². The number of carbonyl (C=O) groups excluding carboxylic acids is 1. The minimum atomic E-state index is -0.170. The monoisotopic (exact) mass is 282 g/mol. The molecule has 0 spiro atoms. The number of unbranched alkanes of at least 4 members (excludes halogenated alkanes) is 1. The molecule has 0 bridgehead atoms. The van der Waals surface area contributed by atoms with Crippen molar-refractivity contribution in [3.05, 3.63) is 18.5 Å². The number of carbonyl (C=O) groups is 1. The Hall–Kier alpha value is -1.14. The van der Waals surface area contributed by atoms with Crippen molar-refractivity contribution >= 4 is 17.7 Å². The smallest absolute Gasteiger partial charge is 0.233 e. The van der Waals surface area contributed by atoms with Crippen LogP contribution in [0.25, 0.3) is 0 Å². The van der Waals surface area contributed by atoms with Crippen molar-refractivity contribution in [3.63, 3.8) is 0 Å². The second-order valence-corrected chi connectivity index (χ2v) is 5.90. The first-order chi connectivity index (χ1) is 9.09. The molecule has 1 amide bonds. The van der Waals surface area contributed by atoms with Crippen LogP contribution in [0.3, 0.4) is 0 Å². The largest absolute Gasteiger partial charge is 0.355 e. The lowest BCUT2D eigenvalue weighted by Gasteiger charge is -2.12. The van der Waals surface area contributed by atoms with E-state index in [1.165, 1.54) is 11.8 Å². The molecule has 0 fully saturated rings. The Morgan fingerprint density at radius 2 is 2.05 bits per heavy atom. The summed E-state index contributed by atoms with van der Waals surface area (Å²) < 4.78 is 0. The summed E-state index contributed by atoms with van der Waals surface area (Å²) >= 11 is 1.38. The summed E-state index contributed by atoms with van der Waals surface area (Å²) in [6.45, 7) is 3.65. The molecule has 6 heteroatoms. The van der Waals surface area contributed by atoms with Crippen LogP contribution in [0.2, 0.25) is 0 Å². The summed E-state index contributed by atoms with van der Waals surface area (Å²) in [5.41, 5.74) is 0. The van der Waals surface area contributed by atoms with Gasteiger partial charge in [0.15, 0.2) is 5.16 Å². The van der Waals surface area contributed by atoms with E-state index in [1.54, 1.807) is 18.5 Å². The van der Waals surface area contributed by atoms with E-state index in [0.29, 0.717) is 5.16 Å². The molecule has 1 aromatic heterocycles. The van der Waals surface area contributed by atoms with Crippen LogP contribution in [0.1, 0.15) is 19.8 Å². The molecule has 0 aliphatic carbocycles. The fraction of sp³-hybridized carbons (Fsp3) is 0.615. The third kappa shape index (κ3) is 7.12. The van der Waals surface area contributed by atoms with Crippen molar-refractivity contribution in [2.75, 3.05) is 27.2 Å². The zero-order valence-electron chi connectivity index (χ0n) is 11.8. The van der Waals surface area contributed by atoms with Crippen molar-refractivity contribution in [1.29, 1.82) is 0 Å². The van der Waals surface area contributed by atoms with Gasteiger partial charge in [0.05, 0.1) is 5.25 Å². The zero-order valence-corrected chi connectivity index (χ0v) is 12.6. The lowest BCUT2D eigenvalue weighted by Crippen LogP contribution is -2.32. The van der Waals surface area contributed by atoms with E-state index < -0.39 is 0 Å². The molecule has 0 aromatic carbocycles. The van der Waals surface area contributed by atoms with Crippen LogP contribution in [0.5, 0.6) is 0 Å². The van der Waals surface area contributed by atoms with Crippen LogP contribution >= 0.6 is 11.8 Å². The number of nitrogens with one attached hydrogen (secondary N) is 1. The molecule has 1 heterocycles. The molecule has 1 aromatic rings. The SMILES string of the molecule is CC(Sc1ncccn1)C(=O)NCCCCN(C)C. The highest BCUT2D eigenvalue weighted by Crippen LogP contribution is 2.17. The van der Waals surface area contributed by atoms with Gasteiger partial charge in [-0.15, -0.1) is 0 Å². The highest BCUT2D eigenvalue weighted by atomic mass is 32.2. The third-order valence-electron chi connectivity index (χ3n) is 2.52. The van der Waals surface area contributed by atoms with Gasteiger partial charge in [-0.3, -0.25) is 4.79 Å². The Morgan fingerprint density at radius 3 is 2.68 bits per heavy atom. The van der Waals surface area contributed by atoms with E-state index >= 15 is 0 Å². The van der Waals surface area contributed by atoms with E-state index in [-0.39, 0.29) is 11.2 Å². The maximum absolute atomic E-state index is 11.8. The Kier molecular flexibility index (Phi) is 7.43. The Bertz CT molecular complexity index is 372. The summed E-state index contributed by atoms with van der Waals surface area (Å²) in [6.07, 6.45) is 5.46. The standard InChI is InChI=1S/C13H22N4OS/c1-11(19-13-15-8-6-9-16-13)12(18)14-7-4-5-10-17(2)3/h6,8-9,11H,4-5,7,10H2,1-3H3,(H,14,18). The number of aromatic nitrogens is 2. The van der Waals surface area contributed by atoms with Crippen LogP contribution in [-0.2, 0) is 4.79 Å².